The van der Waals surface area contributed by atoms with E-state index in [-0.39, 0.29) is 0 Å². The van der Waals surface area contributed by atoms with Crippen molar-refractivity contribution in [3.05, 3.63) is 340 Å². The first kappa shape index (κ1) is 65.6. The first-order valence-corrected chi connectivity index (χ1v) is 42.6. The highest BCUT2D eigenvalue weighted by molar-refractivity contribution is 7.28. The van der Waals surface area contributed by atoms with Crippen molar-refractivity contribution in [3.63, 3.8) is 0 Å². The lowest BCUT2D eigenvalue weighted by molar-refractivity contribution is 0.669. The van der Waals surface area contributed by atoms with E-state index in [0.717, 1.165) is 71.4 Å². The zero-order chi connectivity index (χ0) is 75.8. The summed E-state index contributed by atoms with van der Waals surface area (Å²) in [6.07, 6.45) is 0. The van der Waals surface area contributed by atoms with E-state index in [0.29, 0.717) is 34.9 Å². The highest BCUT2D eigenvalue weighted by atomic mass is 32.1. The van der Waals surface area contributed by atoms with E-state index in [1.54, 1.807) is 34.0 Å². The topological polar surface area (TPSA) is 100 Å². The smallest absolute Gasteiger partial charge is 0.167 e. The number of hydrogen-bond acceptors (Lipinski definition) is 12. The summed E-state index contributed by atoms with van der Waals surface area (Å²) in [4.78, 5) is 31.1. The predicted octanol–water partition coefficient (Wildman–Crippen LogP) is 29.7. The molecule has 0 N–H and O–H groups in total. The van der Waals surface area contributed by atoms with Gasteiger partial charge in [-0.05, 0) is 109 Å². The molecule has 0 radical (unpaired) electrons. The molecule has 26 aromatic rings. The molecular weight excluding hydrogens is 1510 g/mol. The van der Waals surface area contributed by atoms with Gasteiger partial charge in [0.1, 0.15) is 11.2 Å². The van der Waals surface area contributed by atoms with E-state index in [9.17, 15) is 0 Å². The maximum absolute atomic E-state index is 6.77. The van der Waals surface area contributed by atoms with Crippen LogP contribution in [0.5, 0.6) is 0 Å². The Balaban J connectivity index is 0.000000130. The molecule has 0 atom stereocenters. The van der Waals surface area contributed by atoms with Gasteiger partial charge in [0.15, 0.2) is 34.9 Å². The lowest BCUT2D eigenvalue weighted by Crippen LogP contribution is -2.00. The minimum Gasteiger partial charge on any atom is -0.455 e. The van der Waals surface area contributed by atoms with Gasteiger partial charge in [0.05, 0.1) is 27.6 Å². The zero-order valence-corrected chi connectivity index (χ0v) is 65.4. The lowest BCUT2D eigenvalue weighted by atomic mass is 10.1. The van der Waals surface area contributed by atoms with E-state index in [1.165, 1.54) is 140 Å². The van der Waals surface area contributed by atoms with Gasteiger partial charge in [-0.2, -0.15) is 0 Å². The Morgan fingerprint density at radius 3 is 0.991 bits per heavy atom. The summed E-state index contributed by atoms with van der Waals surface area (Å²) in [5.74, 6) is 3.85. The third-order valence-corrected chi connectivity index (χ3v) is 29.0. The summed E-state index contributed by atoms with van der Waals surface area (Å²) < 4.78 is 24.1. The minimum absolute atomic E-state index is 0.571. The number of aromatic nitrogens is 8. The van der Waals surface area contributed by atoms with Crippen LogP contribution in [-0.2, 0) is 0 Å². The number of rotatable bonds is 8. The van der Waals surface area contributed by atoms with Crippen molar-refractivity contribution >= 4 is 223 Å². The molecule has 0 spiro atoms. The monoisotopic (exact) mass is 1570 g/mol. The van der Waals surface area contributed by atoms with Gasteiger partial charge < -0.3 is 13.6 Å². The van der Waals surface area contributed by atoms with Crippen LogP contribution in [0.15, 0.2) is 344 Å². The number of thiophene rings is 5. The van der Waals surface area contributed by atoms with Crippen LogP contribution in [0, 0.1) is 0 Å². The Morgan fingerprint density at radius 1 is 0.207 bits per heavy atom. The van der Waals surface area contributed by atoms with E-state index < -0.39 is 0 Å². The second kappa shape index (κ2) is 25.8. The molecule has 0 aliphatic heterocycles. The van der Waals surface area contributed by atoms with Crippen LogP contribution in [0.25, 0.3) is 246 Å². The maximum Gasteiger partial charge on any atom is 0.167 e. The fourth-order valence-corrected chi connectivity index (χ4v) is 23.9. The van der Waals surface area contributed by atoms with Gasteiger partial charge in [0, 0.05) is 172 Å². The van der Waals surface area contributed by atoms with Crippen LogP contribution in [-0.4, -0.2) is 39.0 Å². The second-order valence-corrected chi connectivity index (χ2v) is 34.7. The second-order valence-electron chi connectivity index (χ2n) is 29.4. The Labute approximate surface area is 680 Å². The molecule has 0 bridgehead atoms. The number of para-hydroxylation sites is 3. The van der Waals surface area contributed by atoms with Crippen molar-refractivity contribution in [2.45, 2.75) is 0 Å². The largest absolute Gasteiger partial charge is 0.455 e. The van der Waals surface area contributed by atoms with Crippen molar-refractivity contribution in [1.29, 1.82) is 0 Å². The SMILES string of the molecule is c1ccc(-c2nc(-c3cccc4c3oc3ccc(-n5c6ccccc6c6c7sc8ccccc8c7ccc65)cc34)nc(-c3cccc4c3sc3ccccc34)n2)cc1.c1ccc(-c2nc(-c3cccc4c3sc3ccccc34)nc(-c3cccc4c3sc3ccc(-n5c6ccccc6c6c7sc8ccccc8c7ccc65)cc34)n2)cc1. The molecule has 26 rings (SSSR count). The Morgan fingerprint density at radius 2 is 0.534 bits per heavy atom. The highest BCUT2D eigenvalue weighted by Crippen LogP contribution is 2.50. The van der Waals surface area contributed by atoms with Crippen molar-refractivity contribution in [2.75, 3.05) is 0 Å². The van der Waals surface area contributed by atoms with Crippen LogP contribution in [0.3, 0.4) is 0 Å². The fraction of sp³-hybridized carbons (Fsp3) is 0. The van der Waals surface area contributed by atoms with Gasteiger partial charge in [-0.25, -0.2) is 29.9 Å². The lowest BCUT2D eigenvalue weighted by Gasteiger charge is -2.10. The number of fused-ring (bicyclic) bond motifs is 26. The summed E-state index contributed by atoms with van der Waals surface area (Å²) in [5, 5.41) is 19.8. The third-order valence-electron chi connectivity index (χ3n) is 22.9. The molecule has 0 amide bonds. The van der Waals surface area contributed by atoms with Gasteiger partial charge in [-0.3, -0.25) is 0 Å². The quantitative estimate of drug-likeness (QED) is 0.149. The number of hydrogen-bond donors (Lipinski definition) is 0. The fourth-order valence-electron chi connectivity index (χ4n) is 17.7. The van der Waals surface area contributed by atoms with E-state index in [2.05, 4.69) is 300 Å². The van der Waals surface area contributed by atoms with E-state index in [1.807, 2.05) is 71.2 Å². The van der Waals surface area contributed by atoms with Crippen molar-refractivity contribution < 1.29 is 4.42 Å². The molecule has 0 aliphatic carbocycles. The summed E-state index contributed by atoms with van der Waals surface area (Å²) in [6, 6.07) is 121. The third kappa shape index (κ3) is 10.1. The molecule has 540 valence electrons. The molecule has 0 unspecified atom stereocenters. The van der Waals surface area contributed by atoms with Crippen molar-refractivity contribution in [2.24, 2.45) is 0 Å². The molecule has 116 heavy (non-hydrogen) atoms. The highest BCUT2D eigenvalue weighted by Gasteiger charge is 2.26. The van der Waals surface area contributed by atoms with Crippen LogP contribution in [0.4, 0.5) is 0 Å². The minimum atomic E-state index is 0.571. The molecule has 0 fully saturated rings. The van der Waals surface area contributed by atoms with E-state index in [4.69, 9.17) is 34.3 Å². The van der Waals surface area contributed by atoms with Crippen LogP contribution in [0.2, 0.25) is 0 Å². The zero-order valence-electron chi connectivity index (χ0n) is 61.4. The summed E-state index contributed by atoms with van der Waals surface area (Å²) in [7, 11) is 0. The first-order chi connectivity index (χ1) is 57.5. The average molecular weight is 1570 g/mol. The maximum atomic E-state index is 6.77. The molecule has 10 heterocycles. The molecular formula is C102H56N8OS5. The first-order valence-electron chi connectivity index (χ1n) is 38.5. The summed E-state index contributed by atoms with van der Waals surface area (Å²) in [6.45, 7) is 0. The van der Waals surface area contributed by atoms with E-state index >= 15 is 0 Å². The van der Waals surface area contributed by atoms with Gasteiger partial charge in [0.2, 0.25) is 0 Å². The standard InChI is InChI=1S/C51H28N4OS2.C51H28N4S3/c1-2-12-29(13-3-1)49-52-50(54-51(53-49)38-20-11-18-34-31-14-5-8-22-43(31)57-47(34)38)37-19-10-17-33-39-28-30(24-27-42(39)56-46(33)37)55-40-21-7-4-16-36(40)45-41(55)26-25-35-32-15-6-9-23-44(32)58-48(35)45;1-2-12-29(13-3-1)49-52-50(37-19-10-17-33-31-14-5-8-22-42(31)56-46(33)37)54-51(53-49)38-20-11-18-34-39-28-30(24-27-44(39)57-47(34)38)55-40-21-7-4-16-36(40)45-41(55)26-25-35-32-15-6-9-23-43(32)58-48(35)45/h2*1-28H. The predicted molar refractivity (Wildman–Crippen MR) is 493 cm³/mol. The van der Waals surface area contributed by atoms with Gasteiger partial charge >= 0.3 is 0 Å². The molecule has 16 aromatic carbocycles. The van der Waals surface area contributed by atoms with Gasteiger partial charge in [-0.1, -0.05) is 231 Å². The normalized spacial score (nSPS) is 12.1. The molecule has 9 nitrogen and oxygen atoms in total. The van der Waals surface area contributed by atoms with Gasteiger partial charge in [-0.15, -0.1) is 56.7 Å². The van der Waals surface area contributed by atoms with Crippen molar-refractivity contribution in [1.82, 2.24) is 39.0 Å². The van der Waals surface area contributed by atoms with Crippen molar-refractivity contribution in [3.8, 4) is 79.7 Å². The molecule has 10 aromatic heterocycles. The Kier molecular flexibility index (Phi) is 14.6. The molecule has 0 saturated carbocycles. The molecule has 14 heteroatoms. The molecule has 0 saturated heterocycles. The van der Waals surface area contributed by atoms with Crippen LogP contribution in [0.1, 0.15) is 0 Å². The van der Waals surface area contributed by atoms with Crippen LogP contribution < -0.4 is 0 Å². The Hall–Kier alpha value is -14.0. The molecule has 0 aliphatic rings. The summed E-state index contributed by atoms with van der Waals surface area (Å²) >= 11 is 9.14. The average Bonchev–Trinajstić information content (AvgIpc) is 1.56. The Bertz CT molecular complexity index is 8130. The van der Waals surface area contributed by atoms with Gasteiger partial charge in [0.25, 0.3) is 0 Å². The number of furan rings is 1. The summed E-state index contributed by atoms with van der Waals surface area (Å²) in [5.41, 5.74) is 14.3. The number of nitrogens with zero attached hydrogens (tertiary/aromatic N) is 8. The van der Waals surface area contributed by atoms with Crippen LogP contribution >= 0.6 is 56.7 Å². The number of benzene rings is 16.